The van der Waals surface area contributed by atoms with E-state index in [1.54, 1.807) is 6.92 Å². The number of benzene rings is 1. The molecule has 1 aromatic heterocycles. The molecule has 6 nitrogen and oxygen atoms in total. The van der Waals surface area contributed by atoms with Gasteiger partial charge in [-0.1, -0.05) is 18.2 Å². The van der Waals surface area contributed by atoms with E-state index >= 15 is 0 Å². The van der Waals surface area contributed by atoms with Crippen molar-refractivity contribution in [1.82, 2.24) is 10.3 Å². The molecule has 1 aliphatic rings. The van der Waals surface area contributed by atoms with Gasteiger partial charge < -0.3 is 15.0 Å². The Morgan fingerprint density at radius 1 is 1.28 bits per heavy atom. The average molecular weight is 340 g/mol. The van der Waals surface area contributed by atoms with Gasteiger partial charge in [-0.25, -0.2) is 0 Å². The fourth-order valence-electron chi connectivity index (χ4n) is 3.01. The van der Waals surface area contributed by atoms with E-state index < -0.39 is 11.5 Å². The largest absolute Gasteiger partial charge is 0.493 e. The van der Waals surface area contributed by atoms with Crippen molar-refractivity contribution in [2.45, 2.75) is 20.3 Å². The highest BCUT2D eigenvalue weighted by Gasteiger charge is 2.21. The number of ether oxygens (including phenoxy) is 1. The molecule has 0 fully saturated rings. The number of nitrogens with one attached hydrogen (secondary N) is 2. The van der Waals surface area contributed by atoms with Crippen molar-refractivity contribution >= 4 is 11.7 Å². The molecule has 2 aromatic rings. The summed E-state index contributed by atoms with van der Waals surface area (Å²) in [6.45, 7) is 3.95. The molecule has 1 amide bonds. The molecule has 0 saturated heterocycles. The highest BCUT2D eigenvalue weighted by atomic mass is 16.5. The molecule has 0 saturated carbocycles. The number of aromatic amines is 1. The zero-order chi connectivity index (χ0) is 18.0. The molecule has 1 aromatic carbocycles. The third kappa shape index (κ3) is 3.63. The summed E-state index contributed by atoms with van der Waals surface area (Å²) in [5.74, 6) is 0.338. The van der Waals surface area contributed by atoms with Crippen molar-refractivity contribution in [2.24, 2.45) is 5.92 Å². The van der Waals surface area contributed by atoms with Crippen molar-refractivity contribution in [3.63, 3.8) is 0 Å². The first-order valence-corrected chi connectivity index (χ1v) is 8.19. The lowest BCUT2D eigenvalue weighted by molar-refractivity contribution is 0.0937. The van der Waals surface area contributed by atoms with Crippen LogP contribution in [0.4, 0.5) is 0 Å². The first-order valence-electron chi connectivity index (χ1n) is 8.19. The van der Waals surface area contributed by atoms with Gasteiger partial charge in [-0.2, -0.15) is 0 Å². The minimum Gasteiger partial charge on any atom is -0.493 e. The molecule has 2 heterocycles. The summed E-state index contributed by atoms with van der Waals surface area (Å²) in [4.78, 5) is 38.5. The maximum atomic E-state index is 12.4. The normalized spacial score (nSPS) is 15.8. The Morgan fingerprint density at radius 2 is 2.04 bits per heavy atom. The van der Waals surface area contributed by atoms with E-state index in [2.05, 4.69) is 10.3 Å². The number of hydrogen-bond acceptors (Lipinski definition) is 4. The van der Waals surface area contributed by atoms with Crippen molar-refractivity contribution in [3.05, 3.63) is 63.1 Å². The molecular weight excluding hydrogens is 320 g/mol. The summed E-state index contributed by atoms with van der Waals surface area (Å²) in [5, 5.41) is 2.78. The van der Waals surface area contributed by atoms with Gasteiger partial charge in [-0.15, -0.1) is 0 Å². The second-order valence-electron chi connectivity index (χ2n) is 6.31. The minimum absolute atomic E-state index is 0.0482. The molecule has 6 heteroatoms. The summed E-state index contributed by atoms with van der Waals surface area (Å²) in [6.07, 6.45) is 0.805. The zero-order valence-electron chi connectivity index (χ0n) is 14.2. The zero-order valence-corrected chi connectivity index (χ0v) is 14.2. The Morgan fingerprint density at radius 3 is 2.80 bits per heavy atom. The van der Waals surface area contributed by atoms with Crippen molar-refractivity contribution < 1.29 is 14.3 Å². The Bertz CT molecular complexity index is 885. The number of H-pyrrole nitrogens is 1. The van der Waals surface area contributed by atoms with Gasteiger partial charge in [0.25, 0.3) is 11.5 Å². The van der Waals surface area contributed by atoms with Crippen molar-refractivity contribution in [3.8, 4) is 5.75 Å². The smallest absolute Gasteiger partial charge is 0.261 e. The van der Waals surface area contributed by atoms with Gasteiger partial charge in [0.15, 0.2) is 5.78 Å². The van der Waals surface area contributed by atoms with Gasteiger partial charge in [0.1, 0.15) is 11.3 Å². The molecule has 1 aliphatic heterocycles. The van der Waals surface area contributed by atoms with E-state index in [-0.39, 0.29) is 17.3 Å². The summed E-state index contributed by atoms with van der Waals surface area (Å²) in [7, 11) is 0. The topological polar surface area (TPSA) is 88.3 Å². The first kappa shape index (κ1) is 17.0. The van der Waals surface area contributed by atoms with Crippen molar-refractivity contribution in [2.75, 3.05) is 13.2 Å². The number of carbonyl (C=O) groups is 2. The fourth-order valence-corrected chi connectivity index (χ4v) is 3.01. The number of para-hydroxylation sites is 1. The second-order valence-corrected chi connectivity index (χ2v) is 6.31. The lowest BCUT2D eigenvalue weighted by Crippen LogP contribution is -2.37. The predicted molar refractivity (Wildman–Crippen MR) is 93.3 cm³/mol. The molecule has 0 aliphatic carbocycles. The quantitative estimate of drug-likeness (QED) is 0.832. The van der Waals surface area contributed by atoms with Crippen molar-refractivity contribution in [1.29, 1.82) is 0 Å². The Kier molecular flexibility index (Phi) is 4.70. The molecule has 3 rings (SSSR count). The van der Waals surface area contributed by atoms with Crippen LogP contribution in [-0.4, -0.2) is 29.8 Å². The number of rotatable bonds is 4. The number of fused-ring (bicyclic) bond motifs is 1. The molecule has 1 unspecified atom stereocenters. The highest BCUT2D eigenvalue weighted by molar-refractivity contribution is 5.99. The summed E-state index contributed by atoms with van der Waals surface area (Å²) in [5.41, 5.74) is 1.38. The second kappa shape index (κ2) is 6.93. The lowest BCUT2D eigenvalue weighted by Gasteiger charge is -2.25. The number of hydrogen-bond donors (Lipinski definition) is 2. The monoisotopic (exact) mass is 340 g/mol. The molecular formula is C19H20N2O4. The summed E-state index contributed by atoms with van der Waals surface area (Å²) >= 11 is 0. The number of aromatic nitrogens is 1. The summed E-state index contributed by atoms with van der Waals surface area (Å²) < 4.78 is 5.70. The molecule has 0 spiro atoms. The number of aryl methyl sites for hydroxylation is 1. The average Bonchev–Trinajstić information content (AvgIpc) is 2.59. The molecule has 2 N–H and O–H groups in total. The van der Waals surface area contributed by atoms with Gasteiger partial charge in [0.05, 0.1) is 6.61 Å². The van der Waals surface area contributed by atoms with E-state index in [1.807, 2.05) is 24.3 Å². The lowest BCUT2D eigenvalue weighted by atomic mass is 9.96. The van der Waals surface area contributed by atoms with Gasteiger partial charge in [0, 0.05) is 23.7 Å². The van der Waals surface area contributed by atoms with Crippen LogP contribution in [0, 0.1) is 12.8 Å². The van der Waals surface area contributed by atoms with Gasteiger partial charge >= 0.3 is 0 Å². The van der Waals surface area contributed by atoms with Crippen LogP contribution in [0.2, 0.25) is 0 Å². The van der Waals surface area contributed by atoms with Gasteiger partial charge in [-0.05, 0) is 38.0 Å². The number of carbonyl (C=O) groups excluding carboxylic acids is 2. The SMILES string of the molecule is CC(=O)c1cc(C(=O)NCC2COc3ccccc3C2)c(=O)[nH]c1C. The van der Waals surface area contributed by atoms with Gasteiger partial charge in [0.2, 0.25) is 0 Å². The number of Topliss-reactive ketones (excluding diaryl/α,β-unsaturated/α-hetero) is 1. The Labute approximate surface area is 145 Å². The van der Waals surface area contributed by atoms with Crippen LogP contribution in [0.1, 0.15) is 38.9 Å². The maximum absolute atomic E-state index is 12.4. The molecule has 130 valence electrons. The third-order valence-electron chi connectivity index (χ3n) is 4.37. The highest BCUT2D eigenvalue weighted by Crippen LogP contribution is 2.26. The predicted octanol–water partition coefficient (Wildman–Crippen LogP) is 1.87. The van der Waals surface area contributed by atoms with E-state index in [1.165, 1.54) is 13.0 Å². The fraction of sp³-hybridized carbons (Fsp3) is 0.316. The standard InChI is InChI=1S/C19H20N2O4/c1-11-15(12(2)22)8-16(19(24)21-11)18(23)20-9-13-7-14-5-3-4-6-17(14)25-10-13/h3-6,8,13H,7,9-10H2,1-2H3,(H,20,23)(H,21,24). The van der Waals surface area contributed by atoms with Crippen LogP contribution in [0.3, 0.4) is 0 Å². The molecule has 0 radical (unpaired) electrons. The summed E-state index contributed by atoms with van der Waals surface area (Å²) in [6, 6.07) is 9.18. The van der Waals surface area contributed by atoms with Crippen LogP contribution < -0.4 is 15.6 Å². The number of ketones is 1. The van der Waals surface area contributed by atoms with Gasteiger partial charge in [-0.3, -0.25) is 14.4 Å². The van der Waals surface area contributed by atoms with E-state index in [0.717, 1.165) is 17.7 Å². The Balaban J connectivity index is 1.69. The van der Waals surface area contributed by atoms with Crippen LogP contribution in [0.25, 0.3) is 0 Å². The van der Waals surface area contributed by atoms with Crippen LogP contribution >= 0.6 is 0 Å². The number of pyridine rings is 1. The first-order chi connectivity index (χ1) is 12.0. The Hall–Kier alpha value is -2.89. The van der Waals surface area contributed by atoms with Crippen LogP contribution in [0.5, 0.6) is 5.75 Å². The van der Waals surface area contributed by atoms with E-state index in [0.29, 0.717) is 24.4 Å². The number of amides is 1. The molecule has 0 bridgehead atoms. The van der Waals surface area contributed by atoms with E-state index in [4.69, 9.17) is 4.74 Å². The van der Waals surface area contributed by atoms with E-state index in [9.17, 15) is 14.4 Å². The minimum atomic E-state index is -0.495. The van der Waals surface area contributed by atoms with Crippen LogP contribution in [0.15, 0.2) is 35.1 Å². The third-order valence-corrected chi connectivity index (χ3v) is 4.37. The maximum Gasteiger partial charge on any atom is 0.261 e. The van der Waals surface area contributed by atoms with Crippen LogP contribution in [-0.2, 0) is 6.42 Å². The molecule has 25 heavy (non-hydrogen) atoms. The molecule has 1 atom stereocenters.